The van der Waals surface area contributed by atoms with Gasteiger partial charge in [0.15, 0.2) is 11.5 Å². The summed E-state index contributed by atoms with van der Waals surface area (Å²) in [4.78, 5) is 15.1. The van der Waals surface area contributed by atoms with Crippen molar-refractivity contribution < 1.29 is 32.2 Å². The smallest absolute Gasteiger partial charge is 0.416 e. The molecule has 3 aromatic carbocycles. The van der Waals surface area contributed by atoms with Crippen LogP contribution in [0.4, 0.5) is 13.2 Å². The topological polar surface area (TPSA) is 48.0 Å². The molecule has 1 heterocycles. The van der Waals surface area contributed by atoms with Gasteiger partial charge in [-0.25, -0.2) is 0 Å². The Kier molecular flexibility index (Phi) is 7.19. The number of nitrogens with zero attached hydrogens (tertiary/aromatic N) is 1. The van der Waals surface area contributed by atoms with Gasteiger partial charge in [-0.05, 0) is 53.4 Å². The molecule has 0 aromatic heterocycles. The summed E-state index contributed by atoms with van der Waals surface area (Å²) in [6.45, 7) is 0.440. The third-order valence-electron chi connectivity index (χ3n) is 6.09. The molecule has 3 aromatic rings. The summed E-state index contributed by atoms with van der Waals surface area (Å²) in [5.41, 5.74) is 1.89. The van der Waals surface area contributed by atoms with Crippen molar-refractivity contribution in [2.24, 2.45) is 0 Å². The van der Waals surface area contributed by atoms with E-state index in [1.54, 1.807) is 12.0 Å². The second kappa shape index (κ2) is 10.3. The van der Waals surface area contributed by atoms with E-state index in [4.69, 9.17) is 14.2 Å². The number of halogens is 3. The summed E-state index contributed by atoms with van der Waals surface area (Å²) >= 11 is 0. The molecule has 0 bridgehead atoms. The van der Waals surface area contributed by atoms with Gasteiger partial charge >= 0.3 is 6.18 Å². The molecule has 1 amide bonds. The van der Waals surface area contributed by atoms with Gasteiger partial charge in [-0.3, -0.25) is 4.79 Å². The number of alkyl halides is 3. The average Bonchev–Trinajstić information content (AvgIpc) is 2.86. The fourth-order valence-corrected chi connectivity index (χ4v) is 4.32. The number of ether oxygens (including phenoxy) is 3. The van der Waals surface area contributed by atoms with E-state index in [9.17, 15) is 18.0 Å². The molecule has 1 aliphatic rings. The summed E-state index contributed by atoms with van der Waals surface area (Å²) in [6, 6.07) is 17.3. The summed E-state index contributed by atoms with van der Waals surface area (Å²) in [5, 5.41) is 0. The van der Waals surface area contributed by atoms with E-state index < -0.39 is 17.8 Å². The van der Waals surface area contributed by atoms with Crippen molar-refractivity contribution >= 4 is 5.91 Å². The lowest BCUT2D eigenvalue weighted by atomic mass is 9.91. The molecule has 4 rings (SSSR count). The average molecular weight is 486 g/mol. The summed E-state index contributed by atoms with van der Waals surface area (Å²) in [5.74, 6) is 1.08. The number of amides is 1. The predicted molar refractivity (Wildman–Crippen MR) is 125 cm³/mol. The molecule has 1 atom stereocenters. The van der Waals surface area contributed by atoms with E-state index in [0.29, 0.717) is 24.5 Å². The highest BCUT2D eigenvalue weighted by Crippen LogP contribution is 2.39. The van der Waals surface area contributed by atoms with E-state index in [0.717, 1.165) is 28.8 Å². The number of hydrogen-bond acceptors (Lipinski definition) is 4. The Morgan fingerprint density at radius 2 is 1.69 bits per heavy atom. The van der Waals surface area contributed by atoms with Crippen molar-refractivity contribution in [3.05, 3.63) is 89.0 Å². The monoisotopic (exact) mass is 485 g/mol. The number of benzene rings is 3. The van der Waals surface area contributed by atoms with Gasteiger partial charge in [-0.2, -0.15) is 13.2 Å². The van der Waals surface area contributed by atoms with E-state index >= 15 is 0 Å². The first-order valence-electron chi connectivity index (χ1n) is 11.2. The molecule has 0 N–H and O–H groups in total. The highest BCUT2D eigenvalue weighted by atomic mass is 19.4. The second-order valence-corrected chi connectivity index (χ2v) is 8.26. The number of fused-ring (bicyclic) bond motifs is 1. The highest BCUT2D eigenvalue weighted by molar-refractivity contribution is 5.79. The van der Waals surface area contributed by atoms with Crippen molar-refractivity contribution in [3.63, 3.8) is 0 Å². The molecule has 0 radical (unpaired) electrons. The largest absolute Gasteiger partial charge is 0.493 e. The van der Waals surface area contributed by atoms with Gasteiger partial charge in [0.05, 0.1) is 32.2 Å². The second-order valence-electron chi connectivity index (χ2n) is 8.26. The van der Waals surface area contributed by atoms with Gasteiger partial charge < -0.3 is 19.1 Å². The lowest BCUT2D eigenvalue weighted by Crippen LogP contribution is -2.43. The minimum atomic E-state index is -4.47. The Bertz CT molecular complexity index is 1180. The number of carbonyl (C=O) groups is 1. The Hall–Kier alpha value is -3.68. The first-order chi connectivity index (χ1) is 16.8. The predicted octanol–water partition coefficient (Wildman–Crippen LogP) is 5.47. The van der Waals surface area contributed by atoms with Crippen LogP contribution in [0.25, 0.3) is 0 Å². The van der Waals surface area contributed by atoms with Gasteiger partial charge in [0, 0.05) is 6.54 Å². The molecule has 5 nitrogen and oxygen atoms in total. The van der Waals surface area contributed by atoms with Gasteiger partial charge in [-0.15, -0.1) is 0 Å². The lowest BCUT2D eigenvalue weighted by Gasteiger charge is -2.37. The maximum Gasteiger partial charge on any atom is 0.416 e. The van der Waals surface area contributed by atoms with Gasteiger partial charge in [0.1, 0.15) is 12.4 Å². The molecule has 35 heavy (non-hydrogen) atoms. The quantitative estimate of drug-likeness (QED) is 0.445. The SMILES string of the molecule is COc1cc2c(cc1OC)[C@@H](COc1cccc(C(F)(F)F)c1)N(C(=O)Cc1ccccc1)CC2. The Morgan fingerprint density at radius 1 is 0.971 bits per heavy atom. The van der Waals surface area contributed by atoms with Crippen molar-refractivity contribution in [3.8, 4) is 17.2 Å². The molecule has 0 unspecified atom stereocenters. The van der Waals surface area contributed by atoms with Crippen LogP contribution in [0.3, 0.4) is 0 Å². The van der Waals surface area contributed by atoms with Gasteiger partial charge in [0.2, 0.25) is 5.91 Å². The Balaban J connectivity index is 1.65. The summed E-state index contributed by atoms with van der Waals surface area (Å²) in [6.07, 6.45) is -3.65. The van der Waals surface area contributed by atoms with Crippen LogP contribution in [0, 0.1) is 0 Å². The van der Waals surface area contributed by atoms with Crippen LogP contribution in [0.1, 0.15) is 28.3 Å². The minimum Gasteiger partial charge on any atom is -0.493 e. The zero-order valence-electron chi connectivity index (χ0n) is 19.5. The molecule has 0 saturated carbocycles. The van der Waals surface area contributed by atoms with Crippen LogP contribution < -0.4 is 14.2 Å². The Morgan fingerprint density at radius 3 is 2.37 bits per heavy atom. The molecule has 184 valence electrons. The lowest BCUT2D eigenvalue weighted by molar-refractivity contribution is -0.137. The summed E-state index contributed by atoms with van der Waals surface area (Å²) in [7, 11) is 3.08. The molecule has 1 aliphatic heterocycles. The molecule has 0 saturated heterocycles. The third kappa shape index (κ3) is 5.53. The molecular weight excluding hydrogens is 459 g/mol. The van der Waals surface area contributed by atoms with Crippen LogP contribution in [0.5, 0.6) is 17.2 Å². The minimum absolute atomic E-state index is 0.00960. The number of carbonyl (C=O) groups excluding carboxylic acids is 1. The maximum atomic E-state index is 13.3. The van der Waals surface area contributed by atoms with Crippen molar-refractivity contribution in [1.82, 2.24) is 4.90 Å². The number of methoxy groups -OCH3 is 2. The van der Waals surface area contributed by atoms with Gasteiger partial charge in [0.25, 0.3) is 0 Å². The van der Waals surface area contributed by atoms with Gasteiger partial charge in [-0.1, -0.05) is 36.4 Å². The van der Waals surface area contributed by atoms with Crippen LogP contribution in [0.15, 0.2) is 66.7 Å². The molecule has 0 fully saturated rings. The van der Waals surface area contributed by atoms with Crippen LogP contribution >= 0.6 is 0 Å². The molecule has 8 heteroatoms. The van der Waals surface area contributed by atoms with E-state index in [2.05, 4.69) is 0 Å². The zero-order valence-corrected chi connectivity index (χ0v) is 19.5. The fraction of sp³-hybridized carbons (Fsp3) is 0.296. The fourth-order valence-electron chi connectivity index (χ4n) is 4.32. The zero-order chi connectivity index (χ0) is 25.0. The number of hydrogen-bond donors (Lipinski definition) is 0. The maximum absolute atomic E-state index is 13.3. The third-order valence-corrected chi connectivity index (χ3v) is 6.09. The van der Waals surface area contributed by atoms with Crippen molar-refractivity contribution in [1.29, 1.82) is 0 Å². The standard InChI is InChI=1S/C27H26F3NO4/c1-33-24-14-19-11-12-31(26(32)13-18-7-4-3-5-8-18)23(22(19)16-25(24)34-2)17-35-21-10-6-9-20(15-21)27(28,29)30/h3-10,14-16,23H,11-13,17H2,1-2H3/t23-/m1/s1. The Labute approximate surface area is 202 Å². The highest BCUT2D eigenvalue weighted by Gasteiger charge is 2.34. The van der Waals surface area contributed by atoms with Crippen LogP contribution in [-0.2, 0) is 23.8 Å². The normalized spacial score (nSPS) is 15.3. The molecule has 0 aliphatic carbocycles. The van der Waals surface area contributed by atoms with Crippen LogP contribution in [0.2, 0.25) is 0 Å². The molecule has 0 spiro atoms. The molecular formula is C27H26F3NO4. The van der Waals surface area contributed by atoms with Crippen LogP contribution in [-0.4, -0.2) is 38.2 Å². The van der Waals surface area contributed by atoms with Crippen molar-refractivity contribution in [2.75, 3.05) is 27.4 Å². The first kappa shape index (κ1) is 24.4. The van der Waals surface area contributed by atoms with E-state index in [1.807, 2.05) is 42.5 Å². The van der Waals surface area contributed by atoms with E-state index in [1.165, 1.54) is 19.2 Å². The first-order valence-corrected chi connectivity index (χ1v) is 11.2. The van der Waals surface area contributed by atoms with Crippen molar-refractivity contribution in [2.45, 2.75) is 25.1 Å². The number of rotatable bonds is 7. The summed E-state index contributed by atoms with van der Waals surface area (Å²) < 4.78 is 56.2. The van der Waals surface area contributed by atoms with E-state index in [-0.39, 0.29) is 24.7 Å².